The van der Waals surface area contributed by atoms with E-state index in [-0.39, 0.29) is 31.1 Å². The first-order chi connectivity index (χ1) is 34.5. The van der Waals surface area contributed by atoms with Crippen LogP contribution in [0.15, 0.2) is 24.3 Å². The minimum absolute atomic E-state index is 0.0688. The largest absolute Gasteiger partial charge is 0.462 e. The molecule has 6 heteroatoms. The molecule has 0 amide bonds. The number of esters is 3. The van der Waals surface area contributed by atoms with Gasteiger partial charge in [0.25, 0.3) is 0 Å². The zero-order valence-electron chi connectivity index (χ0n) is 47.3. The van der Waals surface area contributed by atoms with Crippen LogP contribution in [-0.4, -0.2) is 37.2 Å². The molecule has 0 heterocycles. The van der Waals surface area contributed by atoms with Gasteiger partial charge in [-0.05, 0) is 70.6 Å². The van der Waals surface area contributed by atoms with Gasteiger partial charge in [0.05, 0.1) is 0 Å². The fourth-order valence-electron chi connectivity index (χ4n) is 9.44. The standard InChI is InChI=1S/C64H120O6/c1-4-7-10-13-16-19-22-25-28-30-32-34-36-39-42-45-48-51-54-57-63(66)69-60-61(59-68-62(65)56-53-50-47-44-41-38-35-27-24-21-18-15-12-9-6-3)70-64(67)58-55-52-49-46-43-40-37-33-31-29-26-23-20-17-14-11-8-5-2/h21,24-25,28,61H,4-20,22-23,26-27,29-60H2,1-3H3/b24-21+,28-25+/t61-/m1/s1. The summed E-state index contributed by atoms with van der Waals surface area (Å²) in [6.07, 6.45) is 70.3. The molecule has 0 spiro atoms. The number of carbonyl (C=O) groups is 3. The molecule has 0 unspecified atom stereocenters. The monoisotopic (exact) mass is 985 g/mol. The lowest BCUT2D eigenvalue weighted by atomic mass is 10.0. The molecule has 0 N–H and O–H groups in total. The topological polar surface area (TPSA) is 78.9 Å². The summed E-state index contributed by atoms with van der Waals surface area (Å²) in [5, 5.41) is 0. The lowest BCUT2D eigenvalue weighted by molar-refractivity contribution is -0.167. The smallest absolute Gasteiger partial charge is 0.306 e. The van der Waals surface area contributed by atoms with Crippen molar-refractivity contribution in [1.82, 2.24) is 0 Å². The molecular formula is C64H120O6. The predicted octanol–water partition coefficient (Wildman–Crippen LogP) is 21.1. The molecule has 0 aliphatic carbocycles. The number of unbranched alkanes of at least 4 members (excludes halogenated alkanes) is 43. The summed E-state index contributed by atoms with van der Waals surface area (Å²) in [6.45, 7) is 6.68. The Bertz CT molecular complexity index is 1130. The second-order valence-corrected chi connectivity index (χ2v) is 21.3. The third kappa shape index (κ3) is 56.8. The molecule has 6 nitrogen and oxygen atoms in total. The molecule has 0 aromatic rings. The van der Waals surface area contributed by atoms with Gasteiger partial charge in [-0.2, -0.15) is 0 Å². The van der Waals surface area contributed by atoms with Crippen LogP contribution in [0, 0.1) is 0 Å². The van der Waals surface area contributed by atoms with Crippen molar-refractivity contribution < 1.29 is 28.6 Å². The summed E-state index contributed by atoms with van der Waals surface area (Å²) >= 11 is 0. The van der Waals surface area contributed by atoms with E-state index in [1.807, 2.05) is 0 Å². The van der Waals surface area contributed by atoms with E-state index in [1.165, 1.54) is 250 Å². The molecule has 0 aromatic carbocycles. The summed E-state index contributed by atoms with van der Waals surface area (Å²) < 4.78 is 16.9. The van der Waals surface area contributed by atoms with E-state index >= 15 is 0 Å². The summed E-state index contributed by atoms with van der Waals surface area (Å²) in [5.41, 5.74) is 0. The fraction of sp³-hybridized carbons (Fsp3) is 0.891. The van der Waals surface area contributed by atoms with Crippen LogP contribution < -0.4 is 0 Å². The molecule has 70 heavy (non-hydrogen) atoms. The molecule has 0 aromatic heterocycles. The first-order valence-corrected chi connectivity index (χ1v) is 31.3. The molecule has 1 atom stereocenters. The molecule has 0 aliphatic heterocycles. The minimum atomic E-state index is -0.770. The van der Waals surface area contributed by atoms with Gasteiger partial charge >= 0.3 is 17.9 Å². The van der Waals surface area contributed by atoms with Crippen LogP contribution in [-0.2, 0) is 28.6 Å². The van der Waals surface area contributed by atoms with Gasteiger partial charge in [-0.3, -0.25) is 14.4 Å². The summed E-state index contributed by atoms with van der Waals surface area (Å²) in [7, 11) is 0. The first kappa shape index (κ1) is 67.9. The van der Waals surface area contributed by atoms with Crippen molar-refractivity contribution in [2.75, 3.05) is 13.2 Å². The Morgan fingerprint density at radius 2 is 0.471 bits per heavy atom. The summed E-state index contributed by atoms with van der Waals surface area (Å²) in [4.78, 5) is 38.3. The maximum atomic E-state index is 12.9. The van der Waals surface area contributed by atoms with Gasteiger partial charge in [-0.1, -0.05) is 283 Å². The molecule has 0 radical (unpaired) electrons. The third-order valence-corrected chi connectivity index (χ3v) is 14.2. The SMILES string of the molecule is CCCCCC/C=C/CCCCCCCCCC(=O)OC[C@H](COC(=O)CCCCCCCCCCC/C=C/CCCCCCCC)OC(=O)CCCCCCCCCCCCCCCCCCCC. The zero-order chi connectivity index (χ0) is 50.7. The highest BCUT2D eigenvalue weighted by atomic mass is 16.6. The number of carbonyl (C=O) groups excluding carboxylic acids is 3. The van der Waals surface area contributed by atoms with Crippen molar-refractivity contribution in [1.29, 1.82) is 0 Å². The van der Waals surface area contributed by atoms with E-state index in [4.69, 9.17) is 14.2 Å². The van der Waals surface area contributed by atoms with Gasteiger partial charge in [0.15, 0.2) is 6.10 Å². The van der Waals surface area contributed by atoms with Crippen molar-refractivity contribution in [3.8, 4) is 0 Å². The van der Waals surface area contributed by atoms with Crippen molar-refractivity contribution in [2.24, 2.45) is 0 Å². The van der Waals surface area contributed by atoms with Gasteiger partial charge in [0, 0.05) is 19.3 Å². The Morgan fingerprint density at radius 1 is 0.271 bits per heavy atom. The number of ether oxygens (including phenoxy) is 3. The second-order valence-electron chi connectivity index (χ2n) is 21.3. The van der Waals surface area contributed by atoms with Crippen LogP contribution in [0.4, 0.5) is 0 Å². The average molecular weight is 986 g/mol. The minimum Gasteiger partial charge on any atom is -0.462 e. The van der Waals surface area contributed by atoms with Crippen LogP contribution in [0.2, 0.25) is 0 Å². The maximum Gasteiger partial charge on any atom is 0.306 e. The first-order valence-electron chi connectivity index (χ1n) is 31.3. The average Bonchev–Trinajstić information content (AvgIpc) is 3.36. The second kappa shape index (κ2) is 59.5. The van der Waals surface area contributed by atoms with Crippen molar-refractivity contribution >= 4 is 17.9 Å². The highest BCUT2D eigenvalue weighted by molar-refractivity contribution is 5.71. The Balaban J connectivity index is 4.32. The predicted molar refractivity (Wildman–Crippen MR) is 303 cm³/mol. The van der Waals surface area contributed by atoms with Crippen LogP contribution in [0.25, 0.3) is 0 Å². The Morgan fingerprint density at radius 3 is 0.729 bits per heavy atom. The van der Waals surface area contributed by atoms with Gasteiger partial charge in [-0.25, -0.2) is 0 Å². The Hall–Kier alpha value is -2.11. The maximum absolute atomic E-state index is 12.9. The molecule has 0 saturated carbocycles. The fourth-order valence-corrected chi connectivity index (χ4v) is 9.44. The van der Waals surface area contributed by atoms with Crippen LogP contribution >= 0.6 is 0 Å². The normalized spacial score (nSPS) is 12.1. The van der Waals surface area contributed by atoms with Crippen LogP contribution in [0.5, 0.6) is 0 Å². The van der Waals surface area contributed by atoms with E-state index in [0.29, 0.717) is 19.3 Å². The molecular weight excluding hydrogens is 865 g/mol. The quantitative estimate of drug-likeness (QED) is 0.0261. The van der Waals surface area contributed by atoms with Gasteiger partial charge in [0.2, 0.25) is 0 Å². The van der Waals surface area contributed by atoms with E-state index < -0.39 is 6.10 Å². The number of rotatable bonds is 58. The third-order valence-electron chi connectivity index (χ3n) is 14.2. The van der Waals surface area contributed by atoms with Crippen molar-refractivity contribution in [2.45, 2.75) is 354 Å². The zero-order valence-corrected chi connectivity index (χ0v) is 47.3. The Labute approximate surface area is 436 Å². The van der Waals surface area contributed by atoms with E-state index in [2.05, 4.69) is 45.1 Å². The Kier molecular flexibility index (Phi) is 57.7. The molecule has 0 bridgehead atoms. The molecule has 412 valence electrons. The molecule has 0 aliphatic rings. The van der Waals surface area contributed by atoms with Gasteiger partial charge < -0.3 is 14.2 Å². The van der Waals surface area contributed by atoms with Gasteiger partial charge in [-0.15, -0.1) is 0 Å². The highest BCUT2D eigenvalue weighted by Crippen LogP contribution is 2.17. The lowest BCUT2D eigenvalue weighted by Gasteiger charge is -2.18. The number of hydrogen-bond donors (Lipinski definition) is 0. The molecule has 0 fully saturated rings. The summed E-state index contributed by atoms with van der Waals surface area (Å²) in [6, 6.07) is 0. The number of hydrogen-bond acceptors (Lipinski definition) is 6. The number of allylic oxidation sites excluding steroid dienone is 4. The highest BCUT2D eigenvalue weighted by Gasteiger charge is 2.19. The van der Waals surface area contributed by atoms with Crippen molar-refractivity contribution in [3.63, 3.8) is 0 Å². The molecule has 0 saturated heterocycles. The van der Waals surface area contributed by atoms with E-state index in [9.17, 15) is 14.4 Å². The van der Waals surface area contributed by atoms with E-state index in [1.54, 1.807) is 0 Å². The van der Waals surface area contributed by atoms with Crippen molar-refractivity contribution in [3.05, 3.63) is 24.3 Å². The van der Waals surface area contributed by atoms with Crippen LogP contribution in [0.1, 0.15) is 348 Å². The molecule has 0 rings (SSSR count). The lowest BCUT2D eigenvalue weighted by Crippen LogP contribution is -2.30. The van der Waals surface area contributed by atoms with E-state index in [0.717, 1.165) is 57.8 Å². The van der Waals surface area contributed by atoms with Crippen LogP contribution in [0.3, 0.4) is 0 Å². The summed E-state index contributed by atoms with van der Waals surface area (Å²) in [5.74, 6) is -0.850. The van der Waals surface area contributed by atoms with Gasteiger partial charge in [0.1, 0.15) is 13.2 Å².